The molecule has 3 heteroatoms. The highest BCUT2D eigenvalue weighted by molar-refractivity contribution is 5.75. The van der Waals surface area contributed by atoms with Crippen molar-refractivity contribution in [3.8, 4) is 0 Å². The molecule has 0 aromatic carbocycles. The molecule has 1 saturated carbocycles. The van der Waals surface area contributed by atoms with Crippen LogP contribution in [0, 0.1) is 5.92 Å². The molecule has 1 atom stereocenters. The van der Waals surface area contributed by atoms with E-state index < -0.39 is 5.60 Å². The fraction of sp³-hybridized carbons (Fsp3) is 0.941. The molecule has 0 bridgehead atoms. The van der Waals surface area contributed by atoms with Crippen molar-refractivity contribution < 1.29 is 9.53 Å². The topological polar surface area (TPSA) is 29.5 Å². The third-order valence-electron chi connectivity index (χ3n) is 4.00. The Kier molecular flexibility index (Phi) is 6.50. The summed E-state index contributed by atoms with van der Waals surface area (Å²) < 4.78 is 5.57. The van der Waals surface area contributed by atoms with Crippen molar-refractivity contribution in [2.75, 3.05) is 6.54 Å². The maximum absolute atomic E-state index is 12.3. The highest BCUT2D eigenvalue weighted by Gasteiger charge is 2.32. The lowest BCUT2D eigenvalue weighted by Crippen LogP contribution is -2.47. The van der Waals surface area contributed by atoms with Gasteiger partial charge in [0.15, 0.2) is 0 Å². The molecule has 1 fully saturated rings. The minimum absolute atomic E-state index is 0.0758. The second-order valence-electron chi connectivity index (χ2n) is 7.57. The molecule has 1 rings (SSSR count). The summed E-state index contributed by atoms with van der Waals surface area (Å²) in [6.45, 7) is 13.3. The van der Waals surface area contributed by atoms with Crippen LogP contribution in [0.4, 0.5) is 0 Å². The summed E-state index contributed by atoms with van der Waals surface area (Å²) in [5.41, 5.74) is -0.398. The van der Waals surface area contributed by atoms with Gasteiger partial charge in [0, 0.05) is 6.04 Å². The first-order chi connectivity index (χ1) is 9.20. The lowest BCUT2D eigenvalue weighted by Gasteiger charge is -2.35. The van der Waals surface area contributed by atoms with Crippen LogP contribution >= 0.6 is 0 Å². The van der Waals surface area contributed by atoms with Gasteiger partial charge in [0.2, 0.25) is 0 Å². The van der Waals surface area contributed by atoms with Crippen LogP contribution < -0.4 is 0 Å². The van der Waals surface area contributed by atoms with E-state index in [1.54, 1.807) is 0 Å². The number of rotatable bonds is 6. The number of nitrogens with zero attached hydrogens (tertiary/aromatic N) is 1. The van der Waals surface area contributed by atoms with E-state index in [0.717, 1.165) is 13.0 Å². The molecule has 1 aliphatic rings. The van der Waals surface area contributed by atoms with Crippen LogP contribution in [-0.4, -0.2) is 35.1 Å². The number of hydrogen-bond donors (Lipinski definition) is 0. The minimum atomic E-state index is -0.398. The molecule has 0 aromatic rings. The molecule has 0 amide bonds. The van der Waals surface area contributed by atoms with Gasteiger partial charge in [0.1, 0.15) is 11.6 Å². The predicted molar refractivity (Wildman–Crippen MR) is 83.7 cm³/mol. The van der Waals surface area contributed by atoms with Crippen molar-refractivity contribution in [2.45, 2.75) is 91.3 Å². The quantitative estimate of drug-likeness (QED) is 0.690. The predicted octanol–water partition coefficient (Wildman–Crippen LogP) is 4.01. The van der Waals surface area contributed by atoms with E-state index in [1.807, 2.05) is 27.7 Å². The summed E-state index contributed by atoms with van der Waals surface area (Å²) in [4.78, 5) is 14.7. The van der Waals surface area contributed by atoms with Crippen molar-refractivity contribution >= 4 is 5.97 Å². The number of hydrogen-bond acceptors (Lipinski definition) is 3. The van der Waals surface area contributed by atoms with E-state index in [9.17, 15) is 4.79 Å². The Hall–Kier alpha value is -0.570. The first-order valence-corrected chi connectivity index (χ1v) is 8.19. The molecule has 0 radical (unpaired) electrons. The van der Waals surface area contributed by atoms with Gasteiger partial charge in [-0.1, -0.05) is 26.7 Å². The smallest absolute Gasteiger partial charge is 0.323 e. The average molecular weight is 283 g/mol. The molecule has 0 aromatic heterocycles. The fourth-order valence-electron chi connectivity index (χ4n) is 2.86. The van der Waals surface area contributed by atoms with Crippen LogP contribution in [0.1, 0.15) is 73.6 Å². The lowest BCUT2D eigenvalue weighted by molar-refractivity contribution is -0.161. The Labute approximate surface area is 125 Å². The molecule has 0 saturated heterocycles. The Balaban J connectivity index is 2.67. The Morgan fingerprint density at radius 3 is 2.20 bits per heavy atom. The van der Waals surface area contributed by atoms with Gasteiger partial charge in [0.05, 0.1) is 0 Å². The average Bonchev–Trinajstić information content (AvgIpc) is 2.79. The maximum Gasteiger partial charge on any atom is 0.323 e. The molecular weight excluding hydrogens is 250 g/mol. The molecule has 3 nitrogen and oxygen atoms in total. The van der Waals surface area contributed by atoms with Crippen LogP contribution in [-0.2, 0) is 9.53 Å². The van der Waals surface area contributed by atoms with E-state index in [1.165, 1.54) is 25.7 Å². The van der Waals surface area contributed by atoms with Crippen LogP contribution in [0.3, 0.4) is 0 Å². The van der Waals surface area contributed by atoms with Gasteiger partial charge in [-0.2, -0.15) is 0 Å². The van der Waals surface area contributed by atoms with Crippen molar-refractivity contribution in [2.24, 2.45) is 5.92 Å². The zero-order chi connectivity index (χ0) is 15.3. The molecule has 1 unspecified atom stereocenters. The SMILES string of the molecule is CC(C)CCN(C1CCCC1)C(C)C(=O)OC(C)(C)C. The van der Waals surface area contributed by atoms with Crippen LogP contribution in [0.2, 0.25) is 0 Å². The summed E-state index contributed by atoms with van der Waals surface area (Å²) in [7, 11) is 0. The van der Waals surface area contributed by atoms with Crippen LogP contribution in [0.15, 0.2) is 0 Å². The molecule has 20 heavy (non-hydrogen) atoms. The summed E-state index contributed by atoms with van der Waals surface area (Å²) >= 11 is 0. The zero-order valence-corrected chi connectivity index (χ0v) is 14.2. The third-order valence-corrected chi connectivity index (χ3v) is 4.00. The van der Waals surface area contributed by atoms with Crippen molar-refractivity contribution in [1.29, 1.82) is 0 Å². The molecule has 0 heterocycles. The Bertz CT molecular complexity index is 301. The van der Waals surface area contributed by atoms with Gasteiger partial charge in [-0.15, -0.1) is 0 Å². The Morgan fingerprint density at radius 1 is 1.20 bits per heavy atom. The lowest BCUT2D eigenvalue weighted by atomic mass is 10.1. The minimum Gasteiger partial charge on any atom is -0.459 e. The first-order valence-electron chi connectivity index (χ1n) is 8.19. The van der Waals surface area contributed by atoms with E-state index in [4.69, 9.17) is 4.74 Å². The van der Waals surface area contributed by atoms with Gasteiger partial charge in [0.25, 0.3) is 0 Å². The van der Waals surface area contributed by atoms with Crippen LogP contribution in [0.5, 0.6) is 0 Å². The molecule has 0 spiro atoms. The first kappa shape index (κ1) is 17.5. The van der Waals surface area contributed by atoms with Crippen LogP contribution in [0.25, 0.3) is 0 Å². The van der Waals surface area contributed by atoms with E-state index in [0.29, 0.717) is 12.0 Å². The summed E-state index contributed by atoms with van der Waals surface area (Å²) in [5, 5.41) is 0. The van der Waals surface area contributed by atoms with Gasteiger partial charge < -0.3 is 4.74 Å². The normalized spacial score (nSPS) is 18.8. The monoisotopic (exact) mass is 283 g/mol. The molecule has 0 aliphatic heterocycles. The van der Waals surface area contributed by atoms with Crippen molar-refractivity contribution in [3.63, 3.8) is 0 Å². The highest BCUT2D eigenvalue weighted by atomic mass is 16.6. The maximum atomic E-state index is 12.3. The number of carbonyl (C=O) groups is 1. The number of esters is 1. The third kappa shape index (κ3) is 5.82. The highest BCUT2D eigenvalue weighted by Crippen LogP contribution is 2.26. The second-order valence-corrected chi connectivity index (χ2v) is 7.57. The molecular formula is C17H33NO2. The summed E-state index contributed by atoms with van der Waals surface area (Å²) in [6, 6.07) is 0.437. The second kappa shape index (κ2) is 7.44. The molecule has 0 N–H and O–H groups in total. The fourth-order valence-corrected chi connectivity index (χ4v) is 2.86. The Morgan fingerprint density at radius 2 is 1.75 bits per heavy atom. The largest absolute Gasteiger partial charge is 0.459 e. The van der Waals surface area contributed by atoms with Crippen molar-refractivity contribution in [3.05, 3.63) is 0 Å². The van der Waals surface area contributed by atoms with Gasteiger partial charge >= 0.3 is 5.97 Å². The molecule has 118 valence electrons. The summed E-state index contributed by atoms with van der Waals surface area (Å²) in [6.07, 6.45) is 6.19. The van der Waals surface area contributed by atoms with E-state index in [-0.39, 0.29) is 12.0 Å². The van der Waals surface area contributed by atoms with Crippen molar-refractivity contribution in [1.82, 2.24) is 4.90 Å². The number of carbonyl (C=O) groups excluding carboxylic acids is 1. The van der Waals surface area contributed by atoms with Gasteiger partial charge in [-0.05, 0) is 59.4 Å². The zero-order valence-electron chi connectivity index (χ0n) is 14.2. The summed E-state index contributed by atoms with van der Waals surface area (Å²) in [5.74, 6) is 0.595. The van der Waals surface area contributed by atoms with Gasteiger partial charge in [-0.3, -0.25) is 9.69 Å². The van der Waals surface area contributed by atoms with Gasteiger partial charge in [-0.25, -0.2) is 0 Å². The number of ether oxygens (including phenoxy) is 1. The van der Waals surface area contributed by atoms with E-state index in [2.05, 4.69) is 18.7 Å². The molecule has 1 aliphatic carbocycles. The standard InChI is InChI=1S/C17H33NO2/c1-13(2)11-12-18(15-9-7-8-10-15)14(3)16(19)20-17(4,5)6/h13-15H,7-12H2,1-6H3. The van der Waals surface area contributed by atoms with E-state index >= 15 is 0 Å².